The highest BCUT2D eigenvalue weighted by Gasteiger charge is 2.19. The Morgan fingerprint density at radius 1 is 1.43 bits per heavy atom. The number of aromatic nitrogens is 1. The van der Waals surface area contributed by atoms with Crippen molar-refractivity contribution < 1.29 is 14.1 Å². The van der Waals surface area contributed by atoms with Crippen molar-refractivity contribution in [2.24, 2.45) is 5.84 Å². The number of nitrogens with zero attached hydrogens (tertiary/aromatic N) is 3. The summed E-state index contributed by atoms with van der Waals surface area (Å²) in [6.07, 6.45) is 0. The number of halogens is 1. The van der Waals surface area contributed by atoms with Gasteiger partial charge in [0.15, 0.2) is 0 Å². The molecule has 106 valence electrons. The third-order valence-electron chi connectivity index (χ3n) is 2.46. The summed E-state index contributed by atoms with van der Waals surface area (Å²) in [5, 5.41) is 19.5. The molecular weight excluding hydrogens is 281 g/mol. The first-order valence-corrected chi connectivity index (χ1v) is 5.54. The summed E-state index contributed by atoms with van der Waals surface area (Å²) < 4.78 is 18.7. The number of hydrogen-bond acceptors (Lipinski definition) is 7. The van der Waals surface area contributed by atoms with Crippen molar-refractivity contribution >= 4 is 11.5 Å². The molecule has 2 aromatic rings. The maximum atomic E-state index is 13.5. The van der Waals surface area contributed by atoms with E-state index in [0.29, 0.717) is 0 Å². The minimum atomic E-state index is -0.800. The van der Waals surface area contributed by atoms with E-state index in [0.717, 1.165) is 12.1 Å². The van der Waals surface area contributed by atoms with Crippen molar-refractivity contribution in [2.45, 2.75) is 0 Å². The summed E-state index contributed by atoms with van der Waals surface area (Å²) in [7, 11) is 0. The van der Waals surface area contributed by atoms with E-state index in [1.807, 2.05) is 0 Å². The summed E-state index contributed by atoms with van der Waals surface area (Å²) in [6, 6.07) is 7.53. The molecule has 1 heterocycles. The van der Waals surface area contributed by atoms with Crippen molar-refractivity contribution in [3.63, 3.8) is 0 Å². The number of pyridine rings is 1. The molecule has 3 N–H and O–H groups in total. The quantitative estimate of drug-likeness (QED) is 0.501. The number of hydrazine groups is 1. The topological polar surface area (TPSA) is 127 Å². The molecule has 21 heavy (non-hydrogen) atoms. The number of nitro groups is 1. The van der Waals surface area contributed by atoms with Crippen LogP contribution in [0.2, 0.25) is 0 Å². The summed E-state index contributed by atoms with van der Waals surface area (Å²) in [5.74, 6) is 4.13. The van der Waals surface area contributed by atoms with Gasteiger partial charge in [0.25, 0.3) is 0 Å². The van der Waals surface area contributed by atoms with Crippen molar-refractivity contribution in [2.75, 3.05) is 5.43 Å². The van der Waals surface area contributed by atoms with Crippen molar-refractivity contribution in [1.82, 2.24) is 4.98 Å². The van der Waals surface area contributed by atoms with Gasteiger partial charge in [0.2, 0.25) is 0 Å². The number of hydrogen-bond donors (Lipinski definition) is 2. The lowest BCUT2D eigenvalue weighted by Gasteiger charge is -2.07. The molecule has 8 nitrogen and oxygen atoms in total. The summed E-state index contributed by atoms with van der Waals surface area (Å²) in [5.41, 5.74) is 1.65. The summed E-state index contributed by atoms with van der Waals surface area (Å²) in [4.78, 5) is 14.0. The van der Waals surface area contributed by atoms with Gasteiger partial charge in [0, 0.05) is 12.1 Å². The van der Waals surface area contributed by atoms with Gasteiger partial charge >= 0.3 is 11.6 Å². The Labute approximate surface area is 117 Å². The zero-order valence-corrected chi connectivity index (χ0v) is 10.4. The number of nitriles is 1. The van der Waals surface area contributed by atoms with Crippen LogP contribution in [-0.4, -0.2) is 9.91 Å². The summed E-state index contributed by atoms with van der Waals surface area (Å²) >= 11 is 0. The normalized spacial score (nSPS) is 9.76. The fourth-order valence-electron chi connectivity index (χ4n) is 1.49. The molecule has 0 radical (unpaired) electrons. The second kappa shape index (κ2) is 5.81. The second-order valence-electron chi connectivity index (χ2n) is 3.78. The third-order valence-corrected chi connectivity index (χ3v) is 2.46. The van der Waals surface area contributed by atoms with Gasteiger partial charge in [0.1, 0.15) is 23.5 Å². The zero-order valence-electron chi connectivity index (χ0n) is 10.4. The van der Waals surface area contributed by atoms with Gasteiger partial charge in [-0.3, -0.25) is 10.1 Å². The molecule has 0 aliphatic rings. The summed E-state index contributed by atoms with van der Waals surface area (Å²) in [6.45, 7) is 0. The van der Waals surface area contributed by atoms with Crippen LogP contribution in [0.15, 0.2) is 30.3 Å². The van der Waals surface area contributed by atoms with E-state index < -0.39 is 16.4 Å². The van der Waals surface area contributed by atoms with E-state index in [4.69, 9.17) is 15.8 Å². The number of nitrogens with one attached hydrogen (secondary N) is 1. The maximum absolute atomic E-state index is 13.5. The van der Waals surface area contributed by atoms with Crippen LogP contribution in [0.5, 0.6) is 11.6 Å². The van der Waals surface area contributed by atoms with Crippen LogP contribution in [0.3, 0.4) is 0 Å². The van der Waals surface area contributed by atoms with Gasteiger partial charge in [-0.1, -0.05) is 0 Å². The van der Waals surface area contributed by atoms with Crippen LogP contribution in [-0.2, 0) is 0 Å². The fourth-order valence-corrected chi connectivity index (χ4v) is 1.49. The number of anilines is 1. The van der Waals surface area contributed by atoms with E-state index in [1.54, 1.807) is 6.07 Å². The van der Waals surface area contributed by atoms with E-state index in [9.17, 15) is 14.5 Å². The Hall–Kier alpha value is -3.25. The number of nitrogens with two attached hydrogens (primary N) is 1. The van der Waals surface area contributed by atoms with Crippen LogP contribution in [0.4, 0.5) is 15.9 Å². The van der Waals surface area contributed by atoms with E-state index >= 15 is 0 Å². The molecule has 9 heteroatoms. The molecule has 0 spiro atoms. The molecule has 0 aliphatic carbocycles. The average molecular weight is 289 g/mol. The maximum Gasteiger partial charge on any atom is 0.331 e. The molecule has 0 fully saturated rings. The standard InChI is InChI=1S/C12H8FN5O3/c13-9-5-8(2-1-7(9)6-14)21-12-10(18(19)20)3-4-11(16-12)17-15/h1-5H,15H2,(H,16,17). The van der Waals surface area contributed by atoms with Gasteiger partial charge in [0.05, 0.1) is 10.5 Å². The predicted octanol–water partition coefficient (Wildman–Crippen LogP) is 2.08. The Bertz CT molecular complexity index is 744. The van der Waals surface area contributed by atoms with Gasteiger partial charge in [-0.05, 0) is 18.2 Å². The lowest BCUT2D eigenvalue weighted by molar-refractivity contribution is -0.386. The van der Waals surface area contributed by atoms with Crippen LogP contribution >= 0.6 is 0 Å². The number of rotatable bonds is 4. The number of ether oxygens (including phenoxy) is 1. The zero-order chi connectivity index (χ0) is 15.4. The molecule has 2 rings (SSSR count). The Morgan fingerprint density at radius 2 is 2.19 bits per heavy atom. The molecule has 1 aromatic carbocycles. The van der Waals surface area contributed by atoms with Gasteiger partial charge in [-0.2, -0.15) is 10.2 Å². The van der Waals surface area contributed by atoms with Crippen molar-refractivity contribution in [3.05, 3.63) is 51.8 Å². The first-order chi connectivity index (χ1) is 10.0. The van der Waals surface area contributed by atoms with E-state index in [-0.39, 0.29) is 23.0 Å². The fraction of sp³-hybridized carbons (Fsp3) is 0. The van der Waals surface area contributed by atoms with E-state index in [2.05, 4.69) is 10.4 Å². The van der Waals surface area contributed by atoms with Gasteiger partial charge in [-0.15, -0.1) is 0 Å². The predicted molar refractivity (Wildman–Crippen MR) is 69.9 cm³/mol. The van der Waals surface area contributed by atoms with E-state index in [1.165, 1.54) is 18.2 Å². The number of benzene rings is 1. The molecule has 0 amide bonds. The molecular formula is C12H8FN5O3. The Morgan fingerprint density at radius 3 is 2.76 bits per heavy atom. The Kier molecular flexibility index (Phi) is 3.92. The molecule has 0 atom stereocenters. The molecule has 0 saturated carbocycles. The first-order valence-electron chi connectivity index (χ1n) is 5.54. The molecule has 0 bridgehead atoms. The second-order valence-corrected chi connectivity index (χ2v) is 3.78. The van der Waals surface area contributed by atoms with Crippen molar-refractivity contribution in [1.29, 1.82) is 5.26 Å². The highest BCUT2D eigenvalue weighted by molar-refractivity contribution is 5.50. The lowest BCUT2D eigenvalue weighted by Crippen LogP contribution is -2.09. The van der Waals surface area contributed by atoms with Crippen molar-refractivity contribution in [3.8, 4) is 17.7 Å². The average Bonchev–Trinajstić information content (AvgIpc) is 2.47. The minimum Gasteiger partial charge on any atom is -0.434 e. The highest BCUT2D eigenvalue weighted by atomic mass is 19.1. The number of nitrogen functional groups attached to an aromatic ring is 1. The Balaban J connectivity index is 2.40. The highest BCUT2D eigenvalue weighted by Crippen LogP contribution is 2.31. The molecule has 0 unspecified atom stereocenters. The molecule has 0 saturated heterocycles. The lowest BCUT2D eigenvalue weighted by atomic mass is 10.2. The van der Waals surface area contributed by atoms with Crippen LogP contribution in [0, 0.1) is 27.3 Å². The van der Waals surface area contributed by atoms with Gasteiger partial charge < -0.3 is 10.2 Å². The smallest absolute Gasteiger partial charge is 0.331 e. The molecule has 0 aliphatic heterocycles. The monoisotopic (exact) mass is 289 g/mol. The van der Waals surface area contributed by atoms with Crippen LogP contribution in [0.1, 0.15) is 5.56 Å². The first kappa shape index (κ1) is 14.2. The largest absolute Gasteiger partial charge is 0.434 e. The molecule has 1 aromatic heterocycles. The minimum absolute atomic E-state index is 0.0312. The third kappa shape index (κ3) is 3.02. The van der Waals surface area contributed by atoms with Gasteiger partial charge in [-0.25, -0.2) is 10.2 Å². The SMILES string of the molecule is N#Cc1ccc(Oc2nc(NN)ccc2[N+](=O)[O-])cc1F. The van der Waals surface area contributed by atoms with Crippen LogP contribution < -0.4 is 16.0 Å². The van der Waals surface area contributed by atoms with Crippen LogP contribution in [0.25, 0.3) is 0 Å².